The second kappa shape index (κ2) is 3.19. The summed E-state index contributed by atoms with van der Waals surface area (Å²) in [6.45, 7) is 0.863. The summed E-state index contributed by atoms with van der Waals surface area (Å²) in [7, 11) is 0. The Hall–Kier alpha value is -2.27. The molecule has 90 valence electrons. The molecule has 0 radical (unpaired) electrons. The van der Waals surface area contributed by atoms with Gasteiger partial charge in [-0.1, -0.05) is 11.3 Å². The minimum absolute atomic E-state index is 0.863. The van der Waals surface area contributed by atoms with E-state index in [2.05, 4.69) is 37.3 Å². The van der Waals surface area contributed by atoms with Gasteiger partial charge in [0, 0.05) is 12.4 Å². The van der Waals surface area contributed by atoms with E-state index >= 15 is 0 Å². The summed E-state index contributed by atoms with van der Waals surface area (Å²) in [4.78, 5) is 9.99. The smallest absolute Gasteiger partial charge is 0.260 e. The van der Waals surface area contributed by atoms with Gasteiger partial charge in [0.25, 0.3) is 5.82 Å². The van der Waals surface area contributed by atoms with E-state index in [1.807, 2.05) is 24.7 Å². The molecule has 0 spiro atoms. The van der Waals surface area contributed by atoms with Crippen LogP contribution in [0.25, 0.3) is 26.4 Å². The number of hydrogen-bond acceptors (Lipinski definition) is 3. The molecule has 4 aromatic heterocycles. The molecular formula is C14H9N4S+. The van der Waals surface area contributed by atoms with Crippen molar-refractivity contribution < 1.29 is 4.57 Å². The molecule has 0 bridgehead atoms. The van der Waals surface area contributed by atoms with Gasteiger partial charge in [-0.2, -0.15) is 4.40 Å². The summed E-state index contributed by atoms with van der Waals surface area (Å²) in [5.41, 5.74) is 3.55. The van der Waals surface area contributed by atoms with Crippen LogP contribution in [0.3, 0.4) is 0 Å². The summed E-state index contributed by atoms with van der Waals surface area (Å²) < 4.78 is 5.84. The lowest BCUT2D eigenvalue weighted by Crippen LogP contribution is -2.29. The number of thiazole rings is 1. The molecule has 4 nitrogen and oxygen atoms in total. The zero-order chi connectivity index (χ0) is 12.4. The highest BCUT2D eigenvalue weighted by molar-refractivity contribution is 7.23. The van der Waals surface area contributed by atoms with E-state index in [1.54, 1.807) is 11.3 Å². The van der Waals surface area contributed by atoms with Crippen molar-refractivity contribution in [2.24, 2.45) is 0 Å². The normalized spacial score (nSPS) is 13.1. The summed E-state index contributed by atoms with van der Waals surface area (Å²) in [5.74, 6) is 1.22. The first-order chi connectivity index (χ1) is 9.42. The predicted molar refractivity (Wildman–Crippen MR) is 73.1 cm³/mol. The zero-order valence-electron chi connectivity index (χ0n) is 9.95. The molecule has 19 heavy (non-hydrogen) atoms. The van der Waals surface area contributed by atoms with Gasteiger partial charge in [-0.25, -0.2) is 4.57 Å². The molecule has 0 fully saturated rings. The van der Waals surface area contributed by atoms with Crippen molar-refractivity contribution in [3.63, 3.8) is 0 Å². The molecule has 0 amide bonds. The van der Waals surface area contributed by atoms with E-state index in [1.165, 1.54) is 26.4 Å². The van der Waals surface area contributed by atoms with Crippen LogP contribution >= 0.6 is 11.3 Å². The van der Waals surface area contributed by atoms with Crippen molar-refractivity contribution in [2.75, 3.05) is 0 Å². The second-order valence-corrected chi connectivity index (χ2v) is 5.76. The highest BCUT2D eigenvalue weighted by Crippen LogP contribution is 2.33. The van der Waals surface area contributed by atoms with Crippen molar-refractivity contribution in [2.45, 2.75) is 6.54 Å². The topological polar surface area (TPSA) is 34.1 Å². The van der Waals surface area contributed by atoms with E-state index in [-0.39, 0.29) is 0 Å². The van der Waals surface area contributed by atoms with Gasteiger partial charge in [0.1, 0.15) is 12.7 Å². The Bertz CT molecular complexity index is 951. The van der Waals surface area contributed by atoms with E-state index in [0.717, 1.165) is 12.2 Å². The lowest BCUT2D eigenvalue weighted by Gasteiger charge is -1.92. The highest BCUT2D eigenvalue weighted by atomic mass is 32.1. The standard InChI is InChI=1S/C14H9N4S/c1-2-9-10(16-4-1)7-17-8-13-18(14(9)17)11-6-15-5-3-12(11)19-13/h1-6,8H,7H2/q+1. The minimum atomic E-state index is 0.863. The molecule has 0 unspecified atom stereocenters. The average Bonchev–Trinajstić information content (AvgIpc) is 3.04. The average molecular weight is 265 g/mol. The van der Waals surface area contributed by atoms with Gasteiger partial charge in [0.15, 0.2) is 5.52 Å². The van der Waals surface area contributed by atoms with Crippen LogP contribution < -0.4 is 4.57 Å². The van der Waals surface area contributed by atoms with Crippen molar-refractivity contribution >= 4 is 26.4 Å². The maximum atomic E-state index is 4.47. The molecule has 0 saturated carbocycles. The fraction of sp³-hybridized carbons (Fsp3) is 0.0714. The molecule has 0 atom stereocenters. The third-order valence-electron chi connectivity index (χ3n) is 3.64. The Morgan fingerprint density at radius 1 is 1.26 bits per heavy atom. The fourth-order valence-corrected chi connectivity index (χ4v) is 3.91. The summed E-state index contributed by atoms with van der Waals surface area (Å²) >= 11 is 1.80. The summed E-state index contributed by atoms with van der Waals surface area (Å²) in [5, 5.41) is 0. The van der Waals surface area contributed by atoms with Crippen LogP contribution in [0.15, 0.2) is 43.0 Å². The summed E-state index contributed by atoms with van der Waals surface area (Å²) in [6, 6.07) is 6.22. The molecule has 0 N–H and O–H groups in total. The van der Waals surface area contributed by atoms with Crippen molar-refractivity contribution in [3.05, 3.63) is 48.7 Å². The Labute approximate surface area is 112 Å². The van der Waals surface area contributed by atoms with E-state index in [4.69, 9.17) is 0 Å². The number of imidazole rings is 1. The van der Waals surface area contributed by atoms with E-state index in [9.17, 15) is 0 Å². The Balaban J connectivity index is 2.00. The largest absolute Gasteiger partial charge is 0.297 e. The van der Waals surface area contributed by atoms with Gasteiger partial charge in [-0.05, 0) is 18.2 Å². The molecule has 0 saturated heterocycles. The number of aromatic nitrogens is 4. The third kappa shape index (κ3) is 1.11. The molecule has 5 heterocycles. The first-order valence-corrected chi connectivity index (χ1v) is 6.95. The number of pyridine rings is 2. The number of hydrogen-bond donors (Lipinski definition) is 0. The third-order valence-corrected chi connectivity index (χ3v) is 4.70. The van der Waals surface area contributed by atoms with Gasteiger partial charge >= 0.3 is 0 Å². The van der Waals surface area contributed by atoms with Crippen LogP contribution in [-0.2, 0) is 6.54 Å². The van der Waals surface area contributed by atoms with Crippen LogP contribution in [0.1, 0.15) is 5.69 Å². The van der Waals surface area contributed by atoms with Crippen LogP contribution in [0.2, 0.25) is 0 Å². The van der Waals surface area contributed by atoms with Gasteiger partial charge in [-0.15, -0.1) is 0 Å². The minimum Gasteiger partial charge on any atom is -0.260 e. The Morgan fingerprint density at radius 2 is 2.26 bits per heavy atom. The van der Waals surface area contributed by atoms with Crippen LogP contribution in [0, 0.1) is 0 Å². The Kier molecular flexibility index (Phi) is 1.62. The first-order valence-electron chi connectivity index (χ1n) is 6.13. The SMILES string of the molecule is c1cnc2c(c1)-c1n3c(c[n+]1C2)sc1ccncc13. The van der Waals surface area contributed by atoms with Gasteiger partial charge in [-0.3, -0.25) is 9.97 Å². The first kappa shape index (κ1) is 9.63. The van der Waals surface area contributed by atoms with Gasteiger partial charge < -0.3 is 0 Å². The van der Waals surface area contributed by atoms with Gasteiger partial charge in [0.2, 0.25) is 4.83 Å². The fourth-order valence-electron chi connectivity index (χ4n) is 2.85. The predicted octanol–water partition coefficient (Wildman–Crippen LogP) is 2.26. The highest BCUT2D eigenvalue weighted by Gasteiger charge is 2.32. The lowest BCUT2D eigenvalue weighted by molar-refractivity contribution is -0.670. The van der Waals surface area contributed by atoms with Crippen LogP contribution in [-0.4, -0.2) is 14.4 Å². The maximum Gasteiger partial charge on any atom is 0.297 e. The molecule has 1 aliphatic rings. The van der Waals surface area contributed by atoms with Crippen molar-refractivity contribution in [1.82, 2.24) is 14.4 Å². The van der Waals surface area contributed by atoms with E-state index in [0.29, 0.717) is 0 Å². The van der Waals surface area contributed by atoms with E-state index < -0.39 is 0 Å². The number of fused-ring (bicyclic) bond motifs is 7. The van der Waals surface area contributed by atoms with Crippen LogP contribution in [0.5, 0.6) is 0 Å². The summed E-state index contributed by atoms with van der Waals surface area (Å²) in [6.07, 6.45) is 7.86. The van der Waals surface area contributed by atoms with Gasteiger partial charge in [0.05, 0.1) is 22.2 Å². The molecule has 0 aromatic carbocycles. The number of rotatable bonds is 0. The molecular weight excluding hydrogens is 256 g/mol. The maximum absolute atomic E-state index is 4.47. The second-order valence-electron chi connectivity index (χ2n) is 4.70. The lowest BCUT2D eigenvalue weighted by atomic mass is 10.2. The number of nitrogens with zero attached hydrogens (tertiary/aromatic N) is 4. The molecule has 4 aromatic rings. The van der Waals surface area contributed by atoms with Crippen molar-refractivity contribution in [3.8, 4) is 11.4 Å². The zero-order valence-corrected chi connectivity index (χ0v) is 10.8. The monoisotopic (exact) mass is 265 g/mol. The molecule has 5 rings (SSSR count). The van der Waals surface area contributed by atoms with Crippen molar-refractivity contribution in [1.29, 1.82) is 0 Å². The molecule has 5 heteroatoms. The molecule has 0 aliphatic carbocycles. The molecule has 1 aliphatic heterocycles. The quantitative estimate of drug-likeness (QED) is 0.402. The Morgan fingerprint density at radius 3 is 3.26 bits per heavy atom. The van der Waals surface area contributed by atoms with Crippen LogP contribution in [0.4, 0.5) is 0 Å².